The van der Waals surface area contributed by atoms with Crippen LogP contribution in [0, 0.1) is 6.92 Å². The van der Waals surface area contributed by atoms with Crippen LogP contribution in [0.4, 0.5) is 0 Å². The molecule has 1 aromatic carbocycles. The molecule has 0 aliphatic carbocycles. The van der Waals surface area contributed by atoms with E-state index in [2.05, 4.69) is 50.4 Å². The molecule has 17 heavy (non-hydrogen) atoms. The zero-order valence-electron chi connectivity index (χ0n) is 9.39. The first-order valence-corrected chi connectivity index (χ1v) is 6.24. The Morgan fingerprint density at radius 2 is 1.88 bits per heavy atom. The third kappa shape index (κ3) is 1.67. The smallest absolute Gasteiger partial charge is 0.145 e. The quantitative estimate of drug-likeness (QED) is 0.617. The van der Waals surface area contributed by atoms with Crippen LogP contribution in [0.3, 0.4) is 0 Å². The van der Waals surface area contributed by atoms with Gasteiger partial charge in [0.25, 0.3) is 0 Å². The van der Waals surface area contributed by atoms with Gasteiger partial charge in [0.1, 0.15) is 5.82 Å². The fourth-order valence-electron chi connectivity index (χ4n) is 2.02. The molecule has 3 rings (SSSR count). The monoisotopic (exact) mass is 286 g/mol. The van der Waals surface area contributed by atoms with Gasteiger partial charge in [0.15, 0.2) is 0 Å². The van der Waals surface area contributed by atoms with Crippen LogP contribution in [0.25, 0.3) is 16.9 Å². The summed E-state index contributed by atoms with van der Waals surface area (Å²) in [6, 6.07) is 14.4. The molecule has 0 atom stereocenters. The van der Waals surface area contributed by atoms with Gasteiger partial charge < -0.3 is 0 Å². The van der Waals surface area contributed by atoms with Crippen LogP contribution >= 0.6 is 15.9 Å². The summed E-state index contributed by atoms with van der Waals surface area (Å²) in [4.78, 5) is 4.52. The van der Waals surface area contributed by atoms with E-state index in [9.17, 15) is 0 Å². The van der Waals surface area contributed by atoms with E-state index in [1.807, 2.05) is 30.5 Å². The molecule has 0 saturated heterocycles. The Hall–Kier alpha value is -1.61. The highest BCUT2D eigenvalue weighted by molar-refractivity contribution is 9.10. The third-order valence-electron chi connectivity index (χ3n) is 2.89. The summed E-state index contributed by atoms with van der Waals surface area (Å²) in [6.07, 6.45) is 1.90. The highest BCUT2D eigenvalue weighted by atomic mass is 79.9. The molecule has 0 bridgehead atoms. The van der Waals surface area contributed by atoms with Crippen LogP contribution in [0.5, 0.6) is 0 Å². The first kappa shape index (κ1) is 10.5. The van der Waals surface area contributed by atoms with Crippen molar-refractivity contribution in [2.75, 3.05) is 0 Å². The van der Waals surface area contributed by atoms with Gasteiger partial charge in [-0.25, -0.2) is 4.98 Å². The molecular formula is C14H11BrN2. The number of hydrogen-bond acceptors (Lipinski definition) is 1. The molecule has 0 spiro atoms. The average molecular weight is 287 g/mol. The van der Waals surface area contributed by atoms with Crippen molar-refractivity contribution in [3.63, 3.8) is 0 Å². The summed E-state index contributed by atoms with van der Waals surface area (Å²) in [5.74, 6) is 0.977. The predicted molar refractivity (Wildman–Crippen MR) is 73.1 cm³/mol. The average Bonchev–Trinajstić information content (AvgIpc) is 2.75. The molecule has 0 N–H and O–H groups in total. The second-order valence-corrected chi connectivity index (χ2v) is 4.82. The van der Waals surface area contributed by atoms with Crippen molar-refractivity contribution in [2.24, 2.45) is 0 Å². The van der Waals surface area contributed by atoms with Crippen molar-refractivity contribution in [3.05, 3.63) is 58.8 Å². The number of aryl methyl sites for hydroxylation is 1. The van der Waals surface area contributed by atoms with Crippen LogP contribution in [0.2, 0.25) is 0 Å². The van der Waals surface area contributed by atoms with Gasteiger partial charge in [-0.3, -0.25) is 4.40 Å². The summed E-state index contributed by atoms with van der Waals surface area (Å²) >= 11 is 3.57. The van der Waals surface area contributed by atoms with Crippen LogP contribution in [0.1, 0.15) is 5.56 Å². The second kappa shape index (κ2) is 4.00. The van der Waals surface area contributed by atoms with Gasteiger partial charge in [-0.15, -0.1) is 0 Å². The molecule has 2 aromatic heterocycles. The number of rotatable bonds is 1. The van der Waals surface area contributed by atoms with E-state index in [1.54, 1.807) is 0 Å². The lowest BCUT2D eigenvalue weighted by molar-refractivity contribution is 1.12. The zero-order chi connectivity index (χ0) is 11.8. The van der Waals surface area contributed by atoms with Crippen molar-refractivity contribution in [1.29, 1.82) is 0 Å². The van der Waals surface area contributed by atoms with E-state index in [0.717, 1.165) is 15.9 Å². The molecule has 0 saturated carbocycles. The predicted octanol–water partition coefficient (Wildman–Crippen LogP) is 4.07. The summed E-state index contributed by atoms with van der Waals surface area (Å²) < 4.78 is 3.13. The van der Waals surface area contributed by atoms with Crippen LogP contribution in [0.15, 0.2) is 53.3 Å². The molecule has 0 fully saturated rings. The van der Waals surface area contributed by atoms with Crippen molar-refractivity contribution in [1.82, 2.24) is 9.38 Å². The van der Waals surface area contributed by atoms with Crippen molar-refractivity contribution in [2.45, 2.75) is 6.92 Å². The summed E-state index contributed by atoms with van der Waals surface area (Å²) in [5, 5.41) is 0. The molecule has 3 heteroatoms. The minimum Gasteiger partial charge on any atom is -0.287 e. The maximum atomic E-state index is 4.52. The SMILES string of the molecule is Cc1ccccc1-c1ncc2cccc(Br)n12. The molecule has 0 amide bonds. The Morgan fingerprint density at radius 3 is 2.71 bits per heavy atom. The van der Waals surface area contributed by atoms with E-state index < -0.39 is 0 Å². The normalized spacial score (nSPS) is 10.9. The minimum absolute atomic E-state index is 0.977. The summed E-state index contributed by atoms with van der Waals surface area (Å²) in [5.41, 5.74) is 3.49. The summed E-state index contributed by atoms with van der Waals surface area (Å²) in [7, 11) is 0. The largest absolute Gasteiger partial charge is 0.287 e. The molecule has 0 aliphatic heterocycles. The van der Waals surface area contributed by atoms with Crippen molar-refractivity contribution >= 4 is 21.4 Å². The fraction of sp³-hybridized carbons (Fsp3) is 0.0714. The van der Waals surface area contributed by atoms with E-state index in [-0.39, 0.29) is 0 Å². The topological polar surface area (TPSA) is 17.3 Å². The van der Waals surface area contributed by atoms with Crippen molar-refractivity contribution in [3.8, 4) is 11.4 Å². The first-order chi connectivity index (χ1) is 8.27. The number of halogens is 1. The Morgan fingerprint density at radius 1 is 1.06 bits per heavy atom. The molecule has 3 aromatic rings. The Labute approximate surface area is 108 Å². The number of aromatic nitrogens is 2. The maximum absolute atomic E-state index is 4.52. The van der Waals surface area contributed by atoms with E-state index in [4.69, 9.17) is 0 Å². The lowest BCUT2D eigenvalue weighted by atomic mass is 10.1. The molecule has 0 unspecified atom stereocenters. The number of pyridine rings is 1. The van der Waals surface area contributed by atoms with E-state index >= 15 is 0 Å². The number of nitrogens with zero attached hydrogens (tertiary/aromatic N) is 2. The molecule has 84 valence electrons. The zero-order valence-corrected chi connectivity index (χ0v) is 11.0. The van der Waals surface area contributed by atoms with Crippen LogP contribution in [-0.2, 0) is 0 Å². The van der Waals surface area contributed by atoms with E-state index in [1.165, 1.54) is 11.1 Å². The summed E-state index contributed by atoms with van der Waals surface area (Å²) in [6.45, 7) is 2.10. The van der Waals surface area contributed by atoms with Crippen LogP contribution < -0.4 is 0 Å². The lowest BCUT2D eigenvalue weighted by Gasteiger charge is -2.06. The lowest BCUT2D eigenvalue weighted by Crippen LogP contribution is -1.92. The van der Waals surface area contributed by atoms with E-state index in [0.29, 0.717) is 0 Å². The number of benzene rings is 1. The molecule has 0 aliphatic rings. The Balaban J connectivity index is 2.36. The molecule has 2 heterocycles. The first-order valence-electron chi connectivity index (χ1n) is 5.45. The number of hydrogen-bond donors (Lipinski definition) is 0. The van der Waals surface area contributed by atoms with Gasteiger partial charge in [-0.1, -0.05) is 30.3 Å². The highest BCUT2D eigenvalue weighted by Crippen LogP contribution is 2.26. The van der Waals surface area contributed by atoms with Gasteiger partial charge in [0.2, 0.25) is 0 Å². The number of fused-ring (bicyclic) bond motifs is 1. The van der Waals surface area contributed by atoms with Gasteiger partial charge in [0, 0.05) is 5.56 Å². The fourth-order valence-corrected chi connectivity index (χ4v) is 2.55. The number of imidazole rings is 1. The Kier molecular flexibility index (Phi) is 2.48. The van der Waals surface area contributed by atoms with Gasteiger partial charge in [0.05, 0.1) is 16.3 Å². The second-order valence-electron chi connectivity index (χ2n) is 4.01. The van der Waals surface area contributed by atoms with Gasteiger partial charge in [-0.2, -0.15) is 0 Å². The highest BCUT2D eigenvalue weighted by Gasteiger charge is 2.09. The molecular weight excluding hydrogens is 276 g/mol. The van der Waals surface area contributed by atoms with Gasteiger partial charge in [-0.05, 0) is 40.5 Å². The standard InChI is InChI=1S/C14H11BrN2/c1-10-5-2-3-7-12(10)14-16-9-11-6-4-8-13(15)17(11)14/h2-9H,1H3. The Bertz CT molecular complexity index is 686. The molecule has 2 nitrogen and oxygen atoms in total. The van der Waals surface area contributed by atoms with Crippen LogP contribution in [-0.4, -0.2) is 9.38 Å². The molecule has 0 radical (unpaired) electrons. The van der Waals surface area contributed by atoms with Gasteiger partial charge >= 0.3 is 0 Å². The third-order valence-corrected chi connectivity index (χ3v) is 3.51. The minimum atomic E-state index is 0.977. The van der Waals surface area contributed by atoms with Crippen molar-refractivity contribution < 1.29 is 0 Å². The maximum Gasteiger partial charge on any atom is 0.145 e.